The van der Waals surface area contributed by atoms with Crippen LogP contribution < -0.4 is 21.5 Å². The Bertz CT molecular complexity index is 1400. The molecule has 0 bridgehead atoms. The summed E-state index contributed by atoms with van der Waals surface area (Å²) in [6.07, 6.45) is 1.70. The summed E-state index contributed by atoms with van der Waals surface area (Å²) in [5.41, 5.74) is 9.52. The topological polar surface area (TPSA) is 232 Å². The van der Waals surface area contributed by atoms with Gasteiger partial charge < -0.3 is 31.8 Å². The average Bonchev–Trinajstić information content (AvgIpc) is 3.42. The normalized spacial score (nSPS) is 19.6. The molecule has 0 saturated carbocycles. The fourth-order valence-electron chi connectivity index (χ4n) is 3.60. The summed E-state index contributed by atoms with van der Waals surface area (Å²) in [7, 11) is 1.72. The minimum Gasteiger partial charge on any atom is -0.478 e. The van der Waals surface area contributed by atoms with Gasteiger partial charge in [0, 0.05) is 22.9 Å². The fraction of sp³-hybridized carbons (Fsp3) is 0.400. The molecular formula is C20H24N9O7S2+. The third-order valence-electron chi connectivity index (χ3n) is 5.81. The quantitative estimate of drug-likeness (QED) is 0.0994. The molecule has 0 aromatic carbocycles. The molecule has 202 valence electrons. The van der Waals surface area contributed by atoms with Gasteiger partial charge in [-0.1, -0.05) is 5.16 Å². The van der Waals surface area contributed by atoms with Gasteiger partial charge in [0.25, 0.3) is 11.8 Å². The molecule has 0 unspecified atom stereocenters. The van der Waals surface area contributed by atoms with Crippen molar-refractivity contribution in [3.8, 4) is 0 Å². The number of amides is 2. The molecule has 18 heteroatoms. The molecule has 7 N–H and O–H groups in total. The number of aromatic nitrogens is 4. The molecule has 38 heavy (non-hydrogen) atoms. The highest BCUT2D eigenvalue weighted by atomic mass is 32.2. The van der Waals surface area contributed by atoms with Gasteiger partial charge in [0.2, 0.25) is 17.1 Å². The van der Waals surface area contributed by atoms with Gasteiger partial charge >= 0.3 is 11.9 Å². The predicted molar refractivity (Wildman–Crippen MR) is 133 cm³/mol. The lowest BCUT2D eigenvalue weighted by atomic mass is 10.0. The van der Waals surface area contributed by atoms with Crippen molar-refractivity contribution in [3.63, 3.8) is 0 Å². The number of anilines is 2. The Balaban J connectivity index is 1.56. The van der Waals surface area contributed by atoms with Crippen molar-refractivity contribution in [2.24, 2.45) is 12.2 Å². The Hall–Kier alpha value is -4.19. The smallest absolute Gasteiger partial charge is 0.352 e. The molecule has 4 heterocycles. The van der Waals surface area contributed by atoms with Crippen molar-refractivity contribution in [2.45, 2.75) is 37.4 Å². The summed E-state index contributed by atoms with van der Waals surface area (Å²) in [5, 5.41) is 24.7. The highest BCUT2D eigenvalue weighted by Crippen LogP contribution is 2.40. The molecule has 16 nitrogen and oxygen atoms in total. The van der Waals surface area contributed by atoms with E-state index in [-0.39, 0.29) is 29.0 Å². The molecule has 0 spiro atoms. The molecule has 2 aromatic rings. The third-order valence-corrected chi connectivity index (χ3v) is 7.70. The average molecular weight is 567 g/mol. The number of nitrogens with two attached hydrogens (primary N) is 2. The number of oxime groups is 1. The number of carboxylic acid groups (broad SMARTS) is 2. The van der Waals surface area contributed by atoms with Crippen LogP contribution in [0.15, 0.2) is 28.7 Å². The Morgan fingerprint density at radius 2 is 2.05 bits per heavy atom. The minimum absolute atomic E-state index is 0.0216. The van der Waals surface area contributed by atoms with E-state index in [1.54, 1.807) is 28.7 Å². The Labute approximate surface area is 223 Å². The summed E-state index contributed by atoms with van der Waals surface area (Å²) in [6.45, 7) is 2.64. The second kappa shape index (κ2) is 9.93. The zero-order valence-electron chi connectivity index (χ0n) is 20.3. The minimum atomic E-state index is -1.78. The number of nitrogen functional groups attached to an aromatic ring is 2. The number of nitrogens with one attached hydrogen (secondary N) is 1. The van der Waals surface area contributed by atoms with Crippen molar-refractivity contribution in [1.82, 2.24) is 24.3 Å². The standard InChI is InChI=1S/C20H23N9O7S2/c1-20(2,18(34)35)36-25-10(13-24-19(22)38-26-13)14(30)23-11-15(31)29-12(17(32)33)8(7-37-16(11)29)6-28-5-4-9(21)27(28)3/h4-5,11,16,21H,6-7H2,1-3H3,(H5,22,23,24,26,30,32,33,34,35)/p+1/t11-,16-/m1/s1. The van der Waals surface area contributed by atoms with Crippen LogP contribution in [-0.2, 0) is 37.6 Å². The number of aliphatic carboxylic acids is 2. The van der Waals surface area contributed by atoms with Gasteiger partial charge in [-0.15, -0.1) is 21.1 Å². The van der Waals surface area contributed by atoms with E-state index in [1.165, 1.54) is 25.6 Å². The second-order valence-corrected chi connectivity index (χ2v) is 10.7. The first-order valence-electron chi connectivity index (χ1n) is 10.9. The van der Waals surface area contributed by atoms with E-state index < -0.39 is 46.5 Å². The summed E-state index contributed by atoms with van der Waals surface area (Å²) >= 11 is 2.05. The van der Waals surface area contributed by atoms with Crippen molar-refractivity contribution >= 4 is 63.7 Å². The summed E-state index contributed by atoms with van der Waals surface area (Å²) in [6, 6.07) is 0.584. The van der Waals surface area contributed by atoms with E-state index in [0.29, 0.717) is 11.4 Å². The van der Waals surface area contributed by atoms with Crippen molar-refractivity contribution in [2.75, 3.05) is 17.2 Å². The number of rotatable bonds is 9. The second-order valence-electron chi connectivity index (χ2n) is 8.78. The molecule has 4 rings (SSSR count). The van der Waals surface area contributed by atoms with Crippen molar-refractivity contribution in [3.05, 3.63) is 29.4 Å². The first-order chi connectivity index (χ1) is 17.8. The zero-order valence-corrected chi connectivity index (χ0v) is 21.9. The van der Waals surface area contributed by atoms with Gasteiger partial charge in [0.05, 0.1) is 13.1 Å². The van der Waals surface area contributed by atoms with Crippen LogP contribution >= 0.6 is 23.3 Å². The first kappa shape index (κ1) is 26.9. The molecule has 0 aliphatic carbocycles. The molecule has 2 aliphatic heterocycles. The summed E-state index contributed by atoms with van der Waals surface area (Å²) < 4.78 is 7.28. The lowest BCUT2D eigenvalue weighted by Gasteiger charge is -2.49. The maximum Gasteiger partial charge on any atom is 0.352 e. The largest absolute Gasteiger partial charge is 0.478 e. The fourth-order valence-corrected chi connectivity index (χ4v) is 5.37. The third kappa shape index (κ3) is 4.86. The van der Waals surface area contributed by atoms with E-state index in [2.05, 4.69) is 19.8 Å². The lowest BCUT2D eigenvalue weighted by molar-refractivity contribution is -0.765. The highest BCUT2D eigenvalue weighted by Gasteiger charge is 2.55. The lowest BCUT2D eigenvalue weighted by Crippen LogP contribution is -2.71. The maximum atomic E-state index is 13.1. The van der Waals surface area contributed by atoms with Gasteiger partial charge in [-0.3, -0.25) is 14.5 Å². The zero-order chi connectivity index (χ0) is 27.9. The molecule has 2 atom stereocenters. The van der Waals surface area contributed by atoms with Crippen LogP contribution in [0.5, 0.6) is 0 Å². The molecular weight excluding hydrogens is 542 g/mol. The van der Waals surface area contributed by atoms with Gasteiger partial charge in [-0.05, 0) is 13.8 Å². The van der Waals surface area contributed by atoms with E-state index in [1.807, 2.05) is 0 Å². The van der Waals surface area contributed by atoms with Crippen molar-refractivity contribution in [1.29, 1.82) is 0 Å². The first-order valence-corrected chi connectivity index (χ1v) is 12.7. The van der Waals surface area contributed by atoms with Crippen LogP contribution in [0.25, 0.3) is 0 Å². The van der Waals surface area contributed by atoms with Gasteiger partial charge in [0.1, 0.15) is 17.1 Å². The SMILES string of the molecule is Cn1c(N)cc[n+]1CC1=C(C(=O)O)N2C(=O)[C@@H](NC(=O)C(=NOC(C)(C)C(=O)O)c3nsc(N)n3)[C@H]2SC1. The number of thioether (sulfide) groups is 1. The molecule has 2 aromatic heterocycles. The highest BCUT2D eigenvalue weighted by molar-refractivity contribution is 8.00. The predicted octanol–water partition coefficient (Wildman–Crippen LogP) is -1.65. The number of carbonyl (C=O) groups excluding carboxylic acids is 2. The number of carbonyl (C=O) groups is 4. The molecule has 2 amide bonds. The maximum absolute atomic E-state index is 13.1. The van der Waals surface area contributed by atoms with Crippen LogP contribution in [0.4, 0.5) is 10.9 Å². The van der Waals surface area contributed by atoms with Crippen molar-refractivity contribution < 1.29 is 38.9 Å². The number of fused-ring (bicyclic) bond motifs is 1. The molecule has 1 saturated heterocycles. The number of β-lactam (4-membered cyclic amide) rings is 1. The van der Waals surface area contributed by atoms with Crippen LogP contribution in [-0.4, -0.2) is 81.4 Å². The van der Waals surface area contributed by atoms with Crippen LogP contribution in [0.3, 0.4) is 0 Å². The van der Waals surface area contributed by atoms with Gasteiger partial charge in [0.15, 0.2) is 23.7 Å². The van der Waals surface area contributed by atoms with Crippen LogP contribution in [0, 0.1) is 0 Å². The monoisotopic (exact) mass is 566 g/mol. The Morgan fingerprint density at radius 3 is 2.61 bits per heavy atom. The molecule has 0 radical (unpaired) electrons. The van der Waals surface area contributed by atoms with Crippen LogP contribution in [0.1, 0.15) is 19.7 Å². The number of hydrogen-bond donors (Lipinski definition) is 5. The number of carboxylic acids is 2. The van der Waals surface area contributed by atoms with E-state index in [9.17, 15) is 29.4 Å². The van der Waals surface area contributed by atoms with E-state index in [0.717, 1.165) is 16.4 Å². The van der Waals surface area contributed by atoms with Gasteiger partial charge in [-0.25, -0.2) is 9.59 Å². The summed E-state index contributed by atoms with van der Waals surface area (Å²) in [4.78, 5) is 59.7. The van der Waals surface area contributed by atoms with E-state index in [4.69, 9.17) is 16.3 Å². The van der Waals surface area contributed by atoms with Crippen LogP contribution in [0.2, 0.25) is 0 Å². The summed E-state index contributed by atoms with van der Waals surface area (Å²) in [5.74, 6) is -3.64. The number of hydrogen-bond acceptors (Lipinski definition) is 12. The Morgan fingerprint density at radius 1 is 1.34 bits per heavy atom. The molecule has 2 aliphatic rings. The Kier molecular flexibility index (Phi) is 7.02. The van der Waals surface area contributed by atoms with Gasteiger partial charge in [-0.2, -0.15) is 9.36 Å². The van der Waals surface area contributed by atoms with E-state index >= 15 is 0 Å². The molecule has 1 fully saturated rings. The number of nitrogens with zero attached hydrogens (tertiary/aromatic N) is 6.